The third kappa shape index (κ3) is 23.3. The minimum atomic E-state index is -1.76. The average Bonchev–Trinajstić information content (AvgIpc) is 3.24. The Bertz CT molecular complexity index is 1780. The van der Waals surface area contributed by atoms with Gasteiger partial charge in [0.25, 0.3) is 0 Å². The molecule has 1 aromatic rings. The van der Waals surface area contributed by atoms with Crippen LogP contribution in [-0.4, -0.2) is 161 Å². The molecule has 6 atom stereocenters. The van der Waals surface area contributed by atoms with Gasteiger partial charge in [0.05, 0.1) is 25.6 Å². The molecule has 0 radical (unpaired) electrons. The molecule has 0 fully saturated rings. The largest absolute Gasteiger partial charge is 0.481 e. The summed E-state index contributed by atoms with van der Waals surface area (Å²) in [5.41, 5.74) is 16.9. The molecule has 0 unspecified atom stereocenters. The molecule has 0 saturated carbocycles. The summed E-state index contributed by atoms with van der Waals surface area (Å²) in [7, 11) is 0. The van der Waals surface area contributed by atoms with Crippen molar-refractivity contribution in [3.63, 3.8) is 0 Å². The summed E-state index contributed by atoms with van der Waals surface area (Å²) in [6.07, 6.45) is 0.925. The lowest BCUT2D eigenvalue weighted by Crippen LogP contribution is -2.58. The van der Waals surface area contributed by atoms with E-state index in [9.17, 15) is 53.1 Å². The molecule has 350 valence electrons. The van der Waals surface area contributed by atoms with Crippen molar-refractivity contribution in [3.8, 4) is 0 Å². The molecule has 1 rings (SSSR count). The molecule has 0 aliphatic rings. The second-order valence-electron chi connectivity index (χ2n) is 13.5. The van der Waals surface area contributed by atoms with Gasteiger partial charge in [0, 0.05) is 24.5 Å². The van der Waals surface area contributed by atoms with Gasteiger partial charge in [0.15, 0.2) is 5.96 Å². The maximum absolute atomic E-state index is 13.8. The highest BCUT2D eigenvalue weighted by Gasteiger charge is 2.32. The second kappa shape index (κ2) is 30.3. The third-order valence-corrected chi connectivity index (χ3v) is 9.80. The Balaban J connectivity index is 3.15. The van der Waals surface area contributed by atoms with Crippen molar-refractivity contribution in [2.75, 3.05) is 49.7 Å². The van der Waals surface area contributed by atoms with Gasteiger partial charge in [-0.3, -0.25) is 52.9 Å². The number of amides is 8. The topological polar surface area (TPSA) is 398 Å². The average molecular weight is 945 g/mol. The number of thiol groups is 2. The van der Waals surface area contributed by atoms with Gasteiger partial charge in [0.2, 0.25) is 47.3 Å². The molecule has 0 saturated heterocycles. The van der Waals surface area contributed by atoms with Crippen LogP contribution in [0.1, 0.15) is 31.2 Å². The van der Waals surface area contributed by atoms with Crippen molar-refractivity contribution in [2.24, 2.45) is 22.2 Å². The minimum absolute atomic E-state index is 0.0210. The highest BCUT2D eigenvalue weighted by atomic mass is 32.2. The number of carbonyl (C=O) groups is 10. The molecule has 8 amide bonds. The number of carbonyl (C=O) groups excluding carboxylic acids is 8. The number of aliphatic carboxylic acids is 2. The Morgan fingerprint density at radius 1 is 0.635 bits per heavy atom. The fraction of sp³-hybridized carbons (Fsp3) is 0.528. The predicted octanol–water partition coefficient (Wildman–Crippen LogP) is -5.45. The van der Waals surface area contributed by atoms with E-state index in [4.69, 9.17) is 22.3 Å². The first-order valence-corrected chi connectivity index (χ1v) is 21.8. The summed E-state index contributed by atoms with van der Waals surface area (Å²) >= 11 is 9.27. The maximum atomic E-state index is 13.8. The Morgan fingerprint density at radius 2 is 1.14 bits per heavy atom. The summed E-state index contributed by atoms with van der Waals surface area (Å²) in [5, 5.41) is 37.2. The number of benzene rings is 1. The molecule has 0 aliphatic carbocycles. The lowest BCUT2D eigenvalue weighted by atomic mass is 10.0. The lowest BCUT2D eigenvalue weighted by molar-refractivity contribution is -0.141. The minimum Gasteiger partial charge on any atom is -0.481 e. The van der Waals surface area contributed by atoms with E-state index in [1.807, 2.05) is 0 Å². The van der Waals surface area contributed by atoms with Gasteiger partial charge in [-0.25, -0.2) is 0 Å². The standard InChI is InChI=1S/C36H56N12O12S3/c1-63-11-9-22(34(59)48-23(12-19-6-3-2-4-7-19)32(57)42-15-27(50)45-25(18-62)33(58)43-16-29(53)54)47-35(60)24(13-28(51)52)44-26(49)14-41-31(56)21(8-5-10-40-36(38)39)46-30(55)20(37)17-61/h2-4,6-7,20-25,61-62H,5,8-18,37H2,1H3,(H,41,56)(H,42,57)(H,43,58)(H,44,49)(H,45,50)(H,46,55)(H,47,60)(H,48,59)(H,51,52)(H,53,54)(H4,38,39,40)/t20-,21-,22-,23-,24-,25-/m0/s1. The summed E-state index contributed by atoms with van der Waals surface area (Å²) < 4.78 is 0. The molecule has 27 heteroatoms. The molecule has 63 heavy (non-hydrogen) atoms. The Morgan fingerprint density at radius 3 is 1.68 bits per heavy atom. The van der Waals surface area contributed by atoms with Crippen molar-refractivity contribution in [1.82, 2.24) is 42.5 Å². The van der Waals surface area contributed by atoms with E-state index >= 15 is 0 Å². The first-order chi connectivity index (χ1) is 29.8. The fourth-order valence-electron chi connectivity index (χ4n) is 5.18. The van der Waals surface area contributed by atoms with Crippen LogP contribution in [0.25, 0.3) is 0 Å². The second-order valence-corrected chi connectivity index (χ2v) is 15.2. The number of nitrogens with zero attached hydrogens (tertiary/aromatic N) is 1. The van der Waals surface area contributed by atoms with Crippen LogP contribution in [0.5, 0.6) is 0 Å². The molecule has 0 bridgehead atoms. The number of hydrogen-bond acceptors (Lipinski definition) is 15. The highest BCUT2D eigenvalue weighted by molar-refractivity contribution is 7.98. The van der Waals surface area contributed by atoms with E-state index < -0.39 is 122 Å². The van der Waals surface area contributed by atoms with E-state index in [0.29, 0.717) is 11.3 Å². The maximum Gasteiger partial charge on any atom is 0.322 e. The SMILES string of the molecule is CSCC[C@H](NC(=O)[C@H](CC(=O)O)NC(=O)CNC(=O)[C@H](CCCN=C(N)N)NC(=O)[C@@H](N)CS)C(=O)N[C@@H](Cc1ccccc1)C(=O)NCC(=O)N[C@@H](CS)C(=O)NCC(=O)O. The van der Waals surface area contributed by atoms with Crippen molar-refractivity contribution in [1.29, 1.82) is 0 Å². The molecule has 0 aliphatic heterocycles. The molecule has 24 nitrogen and oxygen atoms in total. The number of hydrogen-bond donors (Lipinski definition) is 15. The van der Waals surface area contributed by atoms with Gasteiger partial charge < -0.3 is 69.9 Å². The predicted molar refractivity (Wildman–Crippen MR) is 237 cm³/mol. The number of rotatable bonds is 30. The number of carboxylic acid groups (broad SMARTS) is 2. The highest BCUT2D eigenvalue weighted by Crippen LogP contribution is 2.08. The van der Waals surface area contributed by atoms with Gasteiger partial charge >= 0.3 is 11.9 Å². The first-order valence-electron chi connectivity index (χ1n) is 19.1. The molecule has 1 aromatic carbocycles. The van der Waals surface area contributed by atoms with Gasteiger partial charge in [-0.2, -0.15) is 37.0 Å². The number of nitrogens with one attached hydrogen (secondary N) is 8. The summed E-state index contributed by atoms with van der Waals surface area (Å²) in [4.78, 5) is 130. The summed E-state index contributed by atoms with van der Waals surface area (Å²) in [6, 6.07) is 0.477. The van der Waals surface area contributed by atoms with Gasteiger partial charge in [0.1, 0.15) is 36.8 Å². The van der Waals surface area contributed by atoms with E-state index in [0.717, 1.165) is 0 Å². The number of thioether (sulfide) groups is 1. The van der Waals surface area contributed by atoms with Crippen molar-refractivity contribution in [3.05, 3.63) is 35.9 Å². The number of carboxylic acids is 2. The Hall–Kier alpha value is -5.80. The van der Waals surface area contributed by atoms with Crippen LogP contribution in [0, 0.1) is 0 Å². The van der Waals surface area contributed by atoms with E-state index in [2.05, 4.69) is 72.8 Å². The lowest BCUT2D eigenvalue weighted by Gasteiger charge is -2.25. The van der Waals surface area contributed by atoms with E-state index in [-0.39, 0.29) is 49.7 Å². The van der Waals surface area contributed by atoms with Crippen LogP contribution >= 0.6 is 37.0 Å². The van der Waals surface area contributed by atoms with Crippen molar-refractivity contribution >= 4 is 102 Å². The first kappa shape index (κ1) is 55.2. The Labute approximate surface area is 377 Å². The summed E-state index contributed by atoms with van der Waals surface area (Å²) in [5.74, 6) is -9.93. The van der Waals surface area contributed by atoms with Crippen LogP contribution in [0.4, 0.5) is 0 Å². The molecular formula is C36H56N12O12S3. The van der Waals surface area contributed by atoms with Gasteiger partial charge in [-0.1, -0.05) is 30.3 Å². The molecule has 0 heterocycles. The van der Waals surface area contributed by atoms with Crippen LogP contribution in [0.15, 0.2) is 35.3 Å². The van der Waals surface area contributed by atoms with Crippen LogP contribution in [-0.2, 0) is 54.4 Å². The zero-order valence-corrected chi connectivity index (χ0v) is 36.9. The fourth-order valence-corrected chi connectivity index (χ4v) is 6.07. The van der Waals surface area contributed by atoms with Crippen LogP contribution in [0.2, 0.25) is 0 Å². The monoisotopic (exact) mass is 944 g/mol. The number of aliphatic imine (C=N–C) groups is 1. The molecule has 16 N–H and O–H groups in total. The number of guanidine groups is 1. The van der Waals surface area contributed by atoms with Crippen LogP contribution in [0.3, 0.4) is 0 Å². The van der Waals surface area contributed by atoms with Gasteiger partial charge in [-0.15, -0.1) is 0 Å². The zero-order chi connectivity index (χ0) is 47.5. The molecule has 0 spiro atoms. The summed E-state index contributed by atoms with van der Waals surface area (Å²) in [6.45, 7) is -2.02. The Kier molecular flexibility index (Phi) is 26.5. The zero-order valence-electron chi connectivity index (χ0n) is 34.3. The third-order valence-electron chi connectivity index (χ3n) is 8.40. The smallest absolute Gasteiger partial charge is 0.322 e. The van der Waals surface area contributed by atoms with E-state index in [1.54, 1.807) is 36.6 Å². The number of nitrogens with two attached hydrogens (primary N) is 3. The quantitative estimate of drug-likeness (QED) is 0.0148. The van der Waals surface area contributed by atoms with Crippen LogP contribution < -0.4 is 59.7 Å². The molecule has 0 aromatic heterocycles. The van der Waals surface area contributed by atoms with Crippen molar-refractivity contribution in [2.45, 2.75) is 68.4 Å². The van der Waals surface area contributed by atoms with Gasteiger partial charge in [-0.05, 0) is 36.8 Å². The van der Waals surface area contributed by atoms with E-state index in [1.165, 1.54) is 11.8 Å². The normalized spacial score (nSPS) is 13.5. The molecular weight excluding hydrogens is 889 g/mol. The van der Waals surface area contributed by atoms with Crippen molar-refractivity contribution < 1.29 is 58.2 Å².